The highest BCUT2D eigenvalue weighted by molar-refractivity contribution is 7.08. The molecule has 1 amide bonds. The minimum Gasteiger partial charge on any atom is -0.371 e. The zero-order valence-corrected chi connectivity index (χ0v) is 13.8. The fraction of sp³-hybridized carbons (Fsp3) is 0.438. The first-order valence-electron chi connectivity index (χ1n) is 7.83. The van der Waals surface area contributed by atoms with Gasteiger partial charge in [-0.05, 0) is 17.9 Å². The summed E-state index contributed by atoms with van der Waals surface area (Å²) in [5.74, 6) is -0.000626. The zero-order chi connectivity index (χ0) is 16.6. The Morgan fingerprint density at radius 1 is 1.46 bits per heavy atom. The number of hydrogen-bond acceptors (Lipinski definition) is 6. The van der Waals surface area contributed by atoms with Gasteiger partial charge in [0.2, 0.25) is 5.95 Å². The van der Waals surface area contributed by atoms with E-state index in [0.717, 1.165) is 30.8 Å². The van der Waals surface area contributed by atoms with Crippen molar-refractivity contribution in [3.05, 3.63) is 40.6 Å². The predicted octanol–water partition coefficient (Wildman–Crippen LogP) is 2.16. The first-order chi connectivity index (χ1) is 11.6. The molecule has 0 aliphatic carbocycles. The third-order valence-corrected chi connectivity index (χ3v) is 5.22. The van der Waals surface area contributed by atoms with E-state index in [1.807, 2.05) is 21.7 Å². The first kappa shape index (κ1) is 15.5. The summed E-state index contributed by atoms with van der Waals surface area (Å²) in [6.45, 7) is 1.83. The van der Waals surface area contributed by atoms with Crippen LogP contribution >= 0.6 is 11.3 Å². The van der Waals surface area contributed by atoms with E-state index < -0.39 is 5.82 Å². The fourth-order valence-electron chi connectivity index (χ4n) is 3.38. The van der Waals surface area contributed by atoms with Crippen molar-refractivity contribution in [2.75, 3.05) is 25.0 Å². The number of hydrogen-bond donors (Lipinski definition) is 1. The van der Waals surface area contributed by atoms with E-state index >= 15 is 0 Å². The molecule has 6 nitrogen and oxygen atoms in total. The van der Waals surface area contributed by atoms with Crippen LogP contribution in [0.1, 0.15) is 23.2 Å². The highest BCUT2D eigenvalue weighted by Gasteiger charge is 2.47. The summed E-state index contributed by atoms with van der Waals surface area (Å²) >= 11 is 1.52. The average molecular weight is 348 g/mol. The van der Waals surface area contributed by atoms with Gasteiger partial charge in [-0.1, -0.05) is 0 Å². The number of thiophene rings is 1. The molecule has 0 bridgehead atoms. The number of carbonyl (C=O) groups excluding carboxylic acids is 1. The van der Waals surface area contributed by atoms with Crippen molar-refractivity contribution in [3.8, 4) is 0 Å². The Morgan fingerprint density at radius 2 is 2.29 bits per heavy atom. The van der Waals surface area contributed by atoms with Gasteiger partial charge in [-0.3, -0.25) is 4.79 Å². The van der Waals surface area contributed by atoms with Crippen LogP contribution in [-0.4, -0.2) is 52.1 Å². The molecule has 0 saturated carbocycles. The lowest BCUT2D eigenvalue weighted by Crippen LogP contribution is -2.36. The maximum absolute atomic E-state index is 12.9. The fourth-order valence-corrected chi connectivity index (χ4v) is 4.01. The van der Waals surface area contributed by atoms with Gasteiger partial charge < -0.3 is 15.0 Å². The standard InChI is InChI=1S/C16H17FN4O2S/c17-12-6-18-15(19-7-12)20-13-5-16(23-8-13)2-3-21(10-16)14(22)11-1-4-24-9-11/h1,4,6-7,9,13H,2-3,5,8,10H2,(H,18,19,20). The van der Waals surface area contributed by atoms with Crippen molar-refractivity contribution < 1.29 is 13.9 Å². The number of likely N-dealkylation sites (tertiary alicyclic amines) is 1. The van der Waals surface area contributed by atoms with Crippen molar-refractivity contribution >= 4 is 23.2 Å². The molecule has 4 heterocycles. The molecule has 1 spiro atoms. The predicted molar refractivity (Wildman–Crippen MR) is 87.5 cm³/mol. The quantitative estimate of drug-likeness (QED) is 0.921. The van der Waals surface area contributed by atoms with Crippen LogP contribution in [0, 0.1) is 5.82 Å². The van der Waals surface area contributed by atoms with E-state index in [4.69, 9.17) is 4.74 Å². The Labute approximate surface area is 142 Å². The number of ether oxygens (including phenoxy) is 1. The summed E-state index contributed by atoms with van der Waals surface area (Å²) in [5.41, 5.74) is 0.438. The second kappa shape index (κ2) is 6.10. The van der Waals surface area contributed by atoms with Gasteiger partial charge in [0.15, 0.2) is 5.82 Å². The van der Waals surface area contributed by atoms with Crippen LogP contribution in [0.15, 0.2) is 29.2 Å². The van der Waals surface area contributed by atoms with Gasteiger partial charge in [0, 0.05) is 18.3 Å². The summed E-state index contributed by atoms with van der Waals surface area (Å²) in [7, 11) is 0. The minimum atomic E-state index is -0.460. The number of nitrogens with one attached hydrogen (secondary N) is 1. The van der Waals surface area contributed by atoms with Crippen molar-refractivity contribution in [1.82, 2.24) is 14.9 Å². The molecule has 2 unspecified atom stereocenters. The van der Waals surface area contributed by atoms with Crippen molar-refractivity contribution in [1.29, 1.82) is 0 Å². The lowest BCUT2D eigenvalue weighted by Gasteiger charge is -2.23. The number of amides is 1. The Morgan fingerprint density at radius 3 is 3.04 bits per heavy atom. The molecule has 0 radical (unpaired) electrons. The van der Waals surface area contributed by atoms with Crippen LogP contribution in [0.3, 0.4) is 0 Å². The number of rotatable bonds is 3. The highest BCUT2D eigenvalue weighted by Crippen LogP contribution is 2.36. The summed E-state index contributed by atoms with van der Waals surface area (Å²) in [6.07, 6.45) is 3.88. The van der Waals surface area contributed by atoms with Crippen LogP contribution in [0.2, 0.25) is 0 Å². The Hall–Kier alpha value is -2.06. The SMILES string of the molecule is O=C(c1ccsc1)N1CCC2(CC(Nc3ncc(F)cn3)CO2)C1. The molecule has 4 rings (SSSR count). The number of halogens is 1. The number of anilines is 1. The number of nitrogens with zero attached hydrogens (tertiary/aromatic N) is 3. The summed E-state index contributed by atoms with van der Waals surface area (Å²) in [4.78, 5) is 22.2. The minimum absolute atomic E-state index is 0.0617. The van der Waals surface area contributed by atoms with E-state index in [2.05, 4.69) is 15.3 Å². The van der Waals surface area contributed by atoms with Crippen LogP contribution in [-0.2, 0) is 4.74 Å². The maximum atomic E-state index is 12.9. The smallest absolute Gasteiger partial charge is 0.254 e. The van der Waals surface area contributed by atoms with Crippen molar-refractivity contribution in [2.45, 2.75) is 24.5 Å². The molecule has 2 aromatic rings. The molecule has 2 fully saturated rings. The lowest BCUT2D eigenvalue weighted by molar-refractivity contribution is 0.0125. The van der Waals surface area contributed by atoms with Crippen molar-refractivity contribution in [3.63, 3.8) is 0 Å². The van der Waals surface area contributed by atoms with E-state index in [1.165, 1.54) is 11.3 Å². The van der Waals surface area contributed by atoms with Gasteiger partial charge >= 0.3 is 0 Å². The van der Waals surface area contributed by atoms with Crippen LogP contribution in [0.4, 0.5) is 10.3 Å². The third-order valence-electron chi connectivity index (χ3n) is 4.53. The van der Waals surface area contributed by atoms with Crippen LogP contribution in [0.5, 0.6) is 0 Å². The second-order valence-corrected chi connectivity index (χ2v) is 7.03. The first-order valence-corrected chi connectivity index (χ1v) is 8.77. The molecule has 2 atom stereocenters. The molecule has 0 aromatic carbocycles. The number of aromatic nitrogens is 2. The summed E-state index contributed by atoms with van der Waals surface area (Å²) in [5, 5.41) is 6.96. The molecule has 2 saturated heterocycles. The Balaban J connectivity index is 1.37. The molecule has 126 valence electrons. The zero-order valence-electron chi connectivity index (χ0n) is 12.9. The molecule has 24 heavy (non-hydrogen) atoms. The molecule has 2 aliphatic heterocycles. The Bertz CT molecular complexity index is 724. The van der Waals surface area contributed by atoms with Gasteiger partial charge in [0.1, 0.15) is 0 Å². The molecule has 2 aliphatic rings. The normalized spacial score (nSPS) is 26.2. The van der Waals surface area contributed by atoms with Gasteiger partial charge in [0.25, 0.3) is 5.91 Å². The third kappa shape index (κ3) is 2.99. The van der Waals surface area contributed by atoms with E-state index in [0.29, 0.717) is 25.6 Å². The number of carbonyl (C=O) groups is 1. The maximum Gasteiger partial charge on any atom is 0.254 e. The van der Waals surface area contributed by atoms with E-state index in [9.17, 15) is 9.18 Å². The Kier molecular flexibility index (Phi) is 3.93. The van der Waals surface area contributed by atoms with Gasteiger partial charge in [0.05, 0.1) is 42.8 Å². The second-order valence-electron chi connectivity index (χ2n) is 6.25. The van der Waals surface area contributed by atoms with Crippen LogP contribution < -0.4 is 5.32 Å². The monoisotopic (exact) mass is 348 g/mol. The lowest BCUT2D eigenvalue weighted by atomic mass is 9.97. The van der Waals surface area contributed by atoms with Crippen LogP contribution in [0.25, 0.3) is 0 Å². The largest absolute Gasteiger partial charge is 0.371 e. The molecular weight excluding hydrogens is 331 g/mol. The van der Waals surface area contributed by atoms with Gasteiger partial charge in [-0.25, -0.2) is 14.4 Å². The molecule has 2 aromatic heterocycles. The highest BCUT2D eigenvalue weighted by atomic mass is 32.1. The molecular formula is C16H17FN4O2S. The summed E-state index contributed by atoms with van der Waals surface area (Å²) < 4.78 is 18.9. The molecule has 1 N–H and O–H groups in total. The van der Waals surface area contributed by atoms with Gasteiger partial charge in [-0.15, -0.1) is 0 Å². The van der Waals surface area contributed by atoms with Gasteiger partial charge in [-0.2, -0.15) is 11.3 Å². The van der Waals surface area contributed by atoms with E-state index in [-0.39, 0.29) is 17.6 Å². The molecule has 8 heteroatoms. The van der Waals surface area contributed by atoms with Crippen molar-refractivity contribution in [2.24, 2.45) is 0 Å². The summed E-state index contributed by atoms with van der Waals surface area (Å²) in [6, 6.07) is 1.91. The topological polar surface area (TPSA) is 67.4 Å². The average Bonchev–Trinajstić information content (AvgIpc) is 3.32. The van der Waals surface area contributed by atoms with E-state index in [1.54, 1.807) is 0 Å².